The quantitative estimate of drug-likeness (QED) is 0.161. The molecule has 0 aromatic heterocycles. The minimum atomic E-state index is -0.250. The Bertz CT molecular complexity index is 278. The van der Waals surface area contributed by atoms with E-state index in [9.17, 15) is 20.2 Å². The molecule has 0 bridgehead atoms. The molecule has 0 saturated heterocycles. The summed E-state index contributed by atoms with van der Waals surface area (Å²) in [7, 11) is 0. The van der Waals surface area contributed by atoms with Gasteiger partial charge in [-0.25, -0.2) is 0 Å². The number of hydrogen-bond donors (Lipinski definition) is 0. The molecule has 0 saturated carbocycles. The Kier molecular flexibility index (Phi) is 22.5. The van der Waals surface area contributed by atoms with Crippen LogP contribution in [0.3, 0.4) is 0 Å². The molecule has 24 heavy (non-hydrogen) atoms. The van der Waals surface area contributed by atoms with Gasteiger partial charge in [-0.3, -0.25) is 20.2 Å². The molecular weight excluding hydrogens is 323 g/mol. The van der Waals surface area contributed by atoms with Crippen molar-refractivity contribution in [2.75, 3.05) is 26.3 Å². The first-order chi connectivity index (χ1) is 11.1. The predicted octanol–water partition coefficient (Wildman–Crippen LogP) is 3.86. The predicted molar refractivity (Wildman–Crippen MR) is 95.7 cm³/mol. The van der Waals surface area contributed by atoms with Crippen molar-refractivity contribution < 1.29 is 14.6 Å². The third-order valence-corrected chi connectivity index (χ3v) is 3.76. The van der Waals surface area contributed by atoms with Crippen LogP contribution in [0.1, 0.15) is 77.0 Å². The number of rotatable bonds is 18. The standard InChI is InChI=1S/C16H32N2O5.Na/c19-17(20)13-9-5-1-3-7-11-15-23-16-12-8-4-2-6-10-14-18(21)22;/h1-16H2;. The molecule has 0 rings (SSSR count). The summed E-state index contributed by atoms with van der Waals surface area (Å²) in [5.74, 6) is 0. The van der Waals surface area contributed by atoms with Crippen LogP contribution >= 0.6 is 0 Å². The molecule has 0 heterocycles. The van der Waals surface area contributed by atoms with Gasteiger partial charge in [-0.15, -0.1) is 0 Å². The summed E-state index contributed by atoms with van der Waals surface area (Å²) < 4.78 is 5.57. The van der Waals surface area contributed by atoms with Crippen LogP contribution in [0.5, 0.6) is 0 Å². The van der Waals surface area contributed by atoms with Crippen LogP contribution in [0.4, 0.5) is 0 Å². The van der Waals surface area contributed by atoms with Crippen LogP contribution < -0.4 is 0 Å². The first-order valence-corrected chi connectivity index (χ1v) is 8.94. The molecule has 0 aliphatic heterocycles. The zero-order valence-electron chi connectivity index (χ0n) is 15.2. The van der Waals surface area contributed by atoms with E-state index in [1.54, 1.807) is 0 Å². The second kappa shape index (κ2) is 20.8. The summed E-state index contributed by atoms with van der Waals surface area (Å²) in [6.07, 6.45) is 12.1. The van der Waals surface area contributed by atoms with Crippen LogP contribution in [-0.4, -0.2) is 65.7 Å². The van der Waals surface area contributed by atoms with E-state index in [0.717, 1.165) is 77.4 Å². The van der Waals surface area contributed by atoms with Gasteiger partial charge in [0, 0.05) is 65.5 Å². The Labute approximate surface area is 167 Å². The van der Waals surface area contributed by atoms with Crippen molar-refractivity contribution in [1.82, 2.24) is 0 Å². The molecule has 0 spiro atoms. The fraction of sp³-hybridized carbons (Fsp3) is 1.00. The molecule has 0 aliphatic rings. The van der Waals surface area contributed by atoms with Gasteiger partial charge in [-0.1, -0.05) is 38.5 Å². The van der Waals surface area contributed by atoms with Gasteiger partial charge in [0.05, 0.1) is 0 Å². The minimum Gasteiger partial charge on any atom is -0.381 e. The summed E-state index contributed by atoms with van der Waals surface area (Å²) in [6, 6.07) is 0. The van der Waals surface area contributed by atoms with E-state index in [-0.39, 0.29) is 52.5 Å². The average Bonchev–Trinajstić information content (AvgIpc) is 2.49. The fourth-order valence-corrected chi connectivity index (χ4v) is 2.41. The van der Waals surface area contributed by atoms with Gasteiger partial charge in [-0.05, 0) is 25.7 Å². The maximum absolute atomic E-state index is 10.1. The monoisotopic (exact) mass is 355 g/mol. The van der Waals surface area contributed by atoms with E-state index in [0.29, 0.717) is 12.8 Å². The summed E-state index contributed by atoms with van der Waals surface area (Å²) in [4.78, 5) is 19.8. The third-order valence-electron chi connectivity index (χ3n) is 3.76. The number of nitro groups is 2. The van der Waals surface area contributed by atoms with Crippen molar-refractivity contribution in [3.8, 4) is 0 Å². The molecule has 8 heteroatoms. The van der Waals surface area contributed by atoms with E-state index in [1.165, 1.54) is 0 Å². The van der Waals surface area contributed by atoms with Gasteiger partial charge in [0.15, 0.2) is 0 Å². The Morgan fingerprint density at radius 2 is 0.833 bits per heavy atom. The van der Waals surface area contributed by atoms with Crippen molar-refractivity contribution >= 4 is 29.6 Å². The van der Waals surface area contributed by atoms with Gasteiger partial charge in [-0.2, -0.15) is 0 Å². The Morgan fingerprint density at radius 1 is 0.542 bits per heavy atom. The molecule has 0 N–H and O–H groups in total. The number of unbranched alkanes of at least 4 members (excludes halogenated alkanes) is 10. The molecule has 7 nitrogen and oxygen atoms in total. The summed E-state index contributed by atoms with van der Waals surface area (Å²) in [6.45, 7) is 1.80. The Hall–Kier alpha value is -0.240. The Morgan fingerprint density at radius 3 is 1.17 bits per heavy atom. The molecule has 0 unspecified atom stereocenters. The van der Waals surface area contributed by atoms with Crippen LogP contribution in [0.15, 0.2) is 0 Å². The summed E-state index contributed by atoms with van der Waals surface area (Å²) in [5.41, 5.74) is 0. The molecule has 0 atom stereocenters. The molecule has 137 valence electrons. The molecule has 1 radical (unpaired) electrons. The molecule has 0 aromatic carbocycles. The number of hydrogen-bond acceptors (Lipinski definition) is 5. The maximum Gasteiger partial charge on any atom is 0.203 e. The van der Waals surface area contributed by atoms with E-state index < -0.39 is 0 Å². The van der Waals surface area contributed by atoms with E-state index in [4.69, 9.17) is 4.74 Å². The first kappa shape index (κ1) is 26.0. The van der Waals surface area contributed by atoms with E-state index in [1.807, 2.05) is 0 Å². The van der Waals surface area contributed by atoms with Crippen molar-refractivity contribution in [2.45, 2.75) is 77.0 Å². The molecule has 0 aliphatic carbocycles. The van der Waals surface area contributed by atoms with Crippen molar-refractivity contribution in [1.29, 1.82) is 0 Å². The van der Waals surface area contributed by atoms with Crippen molar-refractivity contribution in [3.05, 3.63) is 20.2 Å². The fourth-order valence-electron chi connectivity index (χ4n) is 2.41. The smallest absolute Gasteiger partial charge is 0.203 e. The normalized spacial score (nSPS) is 10.3. The first-order valence-electron chi connectivity index (χ1n) is 8.94. The topological polar surface area (TPSA) is 95.5 Å². The zero-order valence-corrected chi connectivity index (χ0v) is 17.2. The average molecular weight is 355 g/mol. The molecule has 0 amide bonds. The van der Waals surface area contributed by atoms with Gasteiger partial charge < -0.3 is 4.74 Å². The summed E-state index contributed by atoms with van der Waals surface area (Å²) in [5, 5.41) is 20.3. The van der Waals surface area contributed by atoms with E-state index in [2.05, 4.69) is 0 Å². The molecule has 0 fully saturated rings. The van der Waals surface area contributed by atoms with Crippen molar-refractivity contribution in [2.24, 2.45) is 0 Å². The number of nitrogens with zero attached hydrogens (tertiary/aromatic N) is 2. The van der Waals surface area contributed by atoms with E-state index >= 15 is 0 Å². The van der Waals surface area contributed by atoms with Crippen LogP contribution in [0, 0.1) is 20.2 Å². The van der Waals surface area contributed by atoms with Crippen LogP contribution in [0.25, 0.3) is 0 Å². The van der Waals surface area contributed by atoms with Crippen LogP contribution in [-0.2, 0) is 4.74 Å². The van der Waals surface area contributed by atoms with Crippen molar-refractivity contribution in [3.63, 3.8) is 0 Å². The third kappa shape index (κ3) is 24.0. The van der Waals surface area contributed by atoms with Crippen LogP contribution in [0.2, 0.25) is 0 Å². The molecular formula is C16H32N2NaO5. The Balaban J connectivity index is 0. The zero-order chi connectivity index (χ0) is 17.2. The molecule has 0 aromatic rings. The second-order valence-electron chi connectivity index (χ2n) is 5.97. The number of ether oxygens (including phenoxy) is 1. The van der Waals surface area contributed by atoms with Gasteiger partial charge in [0.25, 0.3) is 0 Å². The van der Waals surface area contributed by atoms with Gasteiger partial charge in [0.1, 0.15) is 0 Å². The minimum absolute atomic E-state index is 0. The maximum atomic E-state index is 10.1. The largest absolute Gasteiger partial charge is 0.381 e. The van der Waals surface area contributed by atoms with Gasteiger partial charge >= 0.3 is 0 Å². The summed E-state index contributed by atoms with van der Waals surface area (Å²) >= 11 is 0. The second-order valence-corrected chi connectivity index (χ2v) is 5.97. The van der Waals surface area contributed by atoms with Gasteiger partial charge in [0.2, 0.25) is 13.1 Å². The SMILES string of the molecule is O=[N+]([O-])CCCCCCCCOCCCCCCCC[N+](=O)[O-].[Na].